The van der Waals surface area contributed by atoms with E-state index in [0.29, 0.717) is 37.2 Å². The molecule has 2 heterocycles. The number of benzene rings is 2. The fourth-order valence-electron chi connectivity index (χ4n) is 6.60. The summed E-state index contributed by atoms with van der Waals surface area (Å²) >= 11 is 0. The van der Waals surface area contributed by atoms with Crippen LogP contribution >= 0.6 is 0 Å². The largest absolute Gasteiger partial charge is 0.481 e. The van der Waals surface area contributed by atoms with Crippen LogP contribution < -0.4 is 5.32 Å². The van der Waals surface area contributed by atoms with Crippen LogP contribution in [0.4, 0.5) is 32.0 Å². The van der Waals surface area contributed by atoms with Gasteiger partial charge >= 0.3 is 18.3 Å². The molecule has 10 heteroatoms. The number of hydrogen-bond acceptors (Lipinski definition) is 3. The highest BCUT2D eigenvalue weighted by Gasteiger charge is 2.40. The molecule has 0 radical (unpaired) electrons. The zero-order valence-electron chi connectivity index (χ0n) is 22.3. The number of alkyl halides is 6. The molecule has 2 aliphatic heterocycles. The Balaban J connectivity index is 1.24. The van der Waals surface area contributed by atoms with Gasteiger partial charge in [0.15, 0.2) is 0 Å². The van der Waals surface area contributed by atoms with Gasteiger partial charge in [0.25, 0.3) is 0 Å². The highest BCUT2D eigenvalue weighted by atomic mass is 19.4. The second kappa shape index (κ2) is 10.9. The van der Waals surface area contributed by atoms with E-state index in [1.165, 1.54) is 5.56 Å². The third-order valence-corrected chi connectivity index (χ3v) is 8.98. The first-order chi connectivity index (χ1) is 18.8. The predicted octanol–water partition coefficient (Wildman–Crippen LogP) is 7.58. The van der Waals surface area contributed by atoms with Crippen molar-refractivity contribution in [1.82, 2.24) is 4.90 Å². The monoisotopic (exact) mass is 568 g/mol. The van der Waals surface area contributed by atoms with Crippen molar-refractivity contribution in [3.63, 3.8) is 0 Å². The number of halogens is 6. The van der Waals surface area contributed by atoms with Crippen molar-refractivity contribution in [2.24, 2.45) is 17.8 Å². The molecule has 1 aliphatic carbocycles. The lowest BCUT2D eigenvalue weighted by atomic mass is 9.80. The Hall–Kier alpha value is -2.75. The van der Waals surface area contributed by atoms with Crippen LogP contribution in [0.15, 0.2) is 36.4 Å². The molecule has 0 amide bonds. The Kier molecular flexibility index (Phi) is 7.85. The zero-order valence-corrected chi connectivity index (χ0v) is 22.3. The van der Waals surface area contributed by atoms with Crippen LogP contribution in [0.1, 0.15) is 72.8 Å². The number of carbonyl (C=O) groups is 1. The summed E-state index contributed by atoms with van der Waals surface area (Å²) in [5.41, 5.74) is 0.819. The number of rotatable bonds is 7. The molecule has 1 saturated carbocycles. The smallest absolute Gasteiger partial charge is 0.416 e. The Labute approximate surface area is 229 Å². The summed E-state index contributed by atoms with van der Waals surface area (Å²) in [4.78, 5) is 13.5. The van der Waals surface area contributed by atoms with Crippen molar-refractivity contribution in [2.45, 2.75) is 76.3 Å². The number of aliphatic carboxylic acids is 1. The molecule has 3 atom stereocenters. The van der Waals surface area contributed by atoms with Crippen LogP contribution in [0.3, 0.4) is 0 Å². The Morgan fingerprint density at radius 3 is 2.27 bits per heavy atom. The summed E-state index contributed by atoms with van der Waals surface area (Å²) in [6.45, 7) is 2.60. The standard InChI is InChI=1S/C30H34F6N2O2/c1-17(28(39)40)27(20-3-4-20)21-5-2-18-6-9-25(37-26(18)15-21)19-10-12-38(13-11-19)16-22-14-23(29(31,32)33)7-8-24(22)30(34,35)36/h2,5,7-8,14-15,17,19-20,25,27,37H,3-4,6,9-13,16H2,1H3,(H,39,40)/t17-,25+,27-/m0/s1. The van der Waals surface area contributed by atoms with Crippen LogP contribution in [-0.4, -0.2) is 35.1 Å². The number of likely N-dealkylation sites (tertiary alicyclic amines) is 1. The molecule has 2 aromatic carbocycles. The molecule has 0 bridgehead atoms. The van der Waals surface area contributed by atoms with Crippen molar-refractivity contribution in [3.05, 3.63) is 64.2 Å². The number of fused-ring (bicyclic) bond motifs is 1. The minimum Gasteiger partial charge on any atom is -0.481 e. The topological polar surface area (TPSA) is 52.6 Å². The van der Waals surface area contributed by atoms with E-state index in [4.69, 9.17) is 0 Å². The Bertz CT molecular complexity index is 1230. The molecule has 0 spiro atoms. The third kappa shape index (κ3) is 6.26. The minimum absolute atomic E-state index is 0.0225. The number of nitrogens with zero attached hydrogens (tertiary/aromatic N) is 1. The molecule has 0 aromatic heterocycles. The van der Waals surface area contributed by atoms with E-state index in [1.807, 2.05) is 4.90 Å². The van der Waals surface area contributed by atoms with Crippen molar-refractivity contribution < 1.29 is 36.2 Å². The number of piperidine rings is 1. The van der Waals surface area contributed by atoms with Gasteiger partial charge in [0.05, 0.1) is 17.0 Å². The quantitative estimate of drug-likeness (QED) is 0.338. The number of carboxylic acid groups (broad SMARTS) is 1. The van der Waals surface area contributed by atoms with Gasteiger partial charge in [0.2, 0.25) is 0 Å². The fraction of sp³-hybridized carbons (Fsp3) is 0.567. The lowest BCUT2D eigenvalue weighted by molar-refractivity contribution is -0.142. The van der Waals surface area contributed by atoms with E-state index in [2.05, 4.69) is 23.5 Å². The van der Waals surface area contributed by atoms with E-state index < -0.39 is 35.4 Å². The molecule has 40 heavy (non-hydrogen) atoms. The number of aryl methyl sites for hydroxylation is 1. The first-order valence-electron chi connectivity index (χ1n) is 13.9. The van der Waals surface area contributed by atoms with Gasteiger partial charge in [-0.1, -0.05) is 19.1 Å². The lowest BCUT2D eigenvalue weighted by Crippen LogP contribution is -2.41. The van der Waals surface area contributed by atoms with E-state index in [9.17, 15) is 36.2 Å². The summed E-state index contributed by atoms with van der Waals surface area (Å²) in [5, 5.41) is 13.3. The molecule has 218 valence electrons. The highest BCUT2D eigenvalue weighted by molar-refractivity contribution is 5.71. The van der Waals surface area contributed by atoms with Crippen LogP contribution in [0.2, 0.25) is 0 Å². The van der Waals surface area contributed by atoms with Gasteiger partial charge in [-0.15, -0.1) is 0 Å². The van der Waals surface area contributed by atoms with Gasteiger partial charge in [-0.05, 0) is 110 Å². The van der Waals surface area contributed by atoms with E-state index in [-0.39, 0.29) is 30.0 Å². The van der Waals surface area contributed by atoms with Crippen LogP contribution in [0.25, 0.3) is 0 Å². The van der Waals surface area contributed by atoms with Crippen LogP contribution in [0.5, 0.6) is 0 Å². The SMILES string of the molecule is C[C@H](C(=O)O)[C@H](c1ccc2c(c1)N[C@@H](C1CCN(Cc3cc(C(F)(F)F)ccc3C(F)(F)F)CC1)CC2)C1CC1. The van der Waals surface area contributed by atoms with Crippen molar-refractivity contribution in [1.29, 1.82) is 0 Å². The van der Waals surface area contributed by atoms with Crippen LogP contribution in [0, 0.1) is 17.8 Å². The summed E-state index contributed by atoms with van der Waals surface area (Å²) in [7, 11) is 0. The average Bonchev–Trinajstić information content (AvgIpc) is 3.73. The highest BCUT2D eigenvalue weighted by Crippen LogP contribution is 2.48. The normalized spacial score (nSPS) is 22.3. The van der Waals surface area contributed by atoms with E-state index in [0.717, 1.165) is 49.8 Å². The molecular formula is C30H34F6N2O2. The number of anilines is 1. The summed E-state index contributed by atoms with van der Waals surface area (Å²) < 4.78 is 80.2. The zero-order chi connectivity index (χ0) is 28.8. The second-order valence-electron chi connectivity index (χ2n) is 11.7. The Morgan fingerprint density at radius 2 is 1.68 bits per heavy atom. The van der Waals surface area contributed by atoms with E-state index >= 15 is 0 Å². The van der Waals surface area contributed by atoms with Gasteiger partial charge in [-0.3, -0.25) is 9.69 Å². The molecule has 0 unspecified atom stereocenters. The predicted molar refractivity (Wildman–Crippen MR) is 139 cm³/mol. The number of hydrogen-bond donors (Lipinski definition) is 2. The number of nitrogens with one attached hydrogen (secondary N) is 1. The molecule has 3 aliphatic rings. The van der Waals surface area contributed by atoms with Gasteiger partial charge in [-0.25, -0.2) is 0 Å². The second-order valence-corrected chi connectivity index (χ2v) is 11.7. The maximum absolute atomic E-state index is 13.5. The Morgan fingerprint density at radius 1 is 0.975 bits per heavy atom. The summed E-state index contributed by atoms with van der Waals surface area (Å²) in [6.07, 6.45) is -4.09. The van der Waals surface area contributed by atoms with Gasteiger partial charge < -0.3 is 10.4 Å². The van der Waals surface area contributed by atoms with Crippen LogP contribution in [-0.2, 0) is 30.1 Å². The number of carboxylic acids is 1. The molecule has 4 nitrogen and oxygen atoms in total. The summed E-state index contributed by atoms with van der Waals surface area (Å²) in [5.74, 6) is -0.606. The first kappa shape index (κ1) is 28.8. The molecule has 2 N–H and O–H groups in total. The lowest BCUT2D eigenvalue weighted by Gasteiger charge is -2.39. The maximum atomic E-state index is 13.5. The minimum atomic E-state index is -4.73. The van der Waals surface area contributed by atoms with Crippen molar-refractivity contribution in [3.8, 4) is 0 Å². The van der Waals surface area contributed by atoms with Crippen molar-refractivity contribution >= 4 is 11.7 Å². The molecule has 2 aromatic rings. The molecule has 5 rings (SSSR count). The van der Waals surface area contributed by atoms with Gasteiger partial charge in [-0.2, -0.15) is 26.3 Å². The fourth-order valence-corrected chi connectivity index (χ4v) is 6.60. The average molecular weight is 569 g/mol. The maximum Gasteiger partial charge on any atom is 0.416 e. The molecular weight excluding hydrogens is 534 g/mol. The van der Waals surface area contributed by atoms with Gasteiger partial charge in [0, 0.05) is 18.3 Å². The summed E-state index contributed by atoms with van der Waals surface area (Å²) in [6, 6.07) is 8.09. The van der Waals surface area contributed by atoms with Crippen molar-refractivity contribution in [2.75, 3.05) is 18.4 Å². The molecule has 1 saturated heterocycles. The van der Waals surface area contributed by atoms with E-state index in [1.54, 1.807) is 6.92 Å². The third-order valence-electron chi connectivity index (χ3n) is 8.98. The first-order valence-corrected chi connectivity index (χ1v) is 13.9. The van der Waals surface area contributed by atoms with Gasteiger partial charge in [0.1, 0.15) is 0 Å². The molecule has 2 fully saturated rings.